The number of ether oxygens (including phenoxy) is 1. The van der Waals surface area contributed by atoms with E-state index in [4.69, 9.17) is 4.74 Å². The van der Waals surface area contributed by atoms with Crippen molar-refractivity contribution < 1.29 is 22.1 Å². The summed E-state index contributed by atoms with van der Waals surface area (Å²) >= 11 is 0. The Morgan fingerprint density at radius 3 is 2.00 bits per heavy atom. The van der Waals surface area contributed by atoms with Gasteiger partial charge in [0.2, 0.25) is 5.54 Å². The van der Waals surface area contributed by atoms with Gasteiger partial charge in [-0.15, -0.1) is 0 Å². The Balaban J connectivity index is 3.40. The van der Waals surface area contributed by atoms with Crippen LogP contribution >= 0.6 is 0 Å². The van der Waals surface area contributed by atoms with Crippen LogP contribution in [0.1, 0.15) is 26.3 Å². The Morgan fingerprint density at radius 1 is 1.18 bits per heavy atom. The summed E-state index contributed by atoms with van der Waals surface area (Å²) in [5.74, 6) is 0.356. The molecule has 1 N–H and O–H groups in total. The standard InChI is InChI=1S/C14H17F3N2O2S/c1-12(2,3)22(20)19-13(9-18,14(15,16)17)10-5-7-11(21-4)8-6-10/h5-8,19H,1-4H3/t13-,22+/m0/s1. The third kappa shape index (κ3) is 3.59. The van der Waals surface area contributed by atoms with Gasteiger partial charge in [0.1, 0.15) is 11.8 Å². The number of benzene rings is 1. The van der Waals surface area contributed by atoms with Gasteiger partial charge in [0, 0.05) is 0 Å². The number of halogens is 3. The van der Waals surface area contributed by atoms with Crippen LogP contribution in [0.2, 0.25) is 0 Å². The normalized spacial score (nSPS) is 16.5. The molecule has 0 aliphatic rings. The van der Waals surface area contributed by atoms with E-state index in [2.05, 4.69) is 0 Å². The van der Waals surface area contributed by atoms with E-state index in [1.807, 2.05) is 4.72 Å². The molecular weight excluding hydrogens is 317 g/mol. The van der Waals surface area contributed by atoms with Crippen molar-refractivity contribution in [3.05, 3.63) is 29.8 Å². The maximum Gasteiger partial charge on any atom is 0.425 e. The lowest BCUT2D eigenvalue weighted by molar-refractivity contribution is -0.176. The first-order valence-corrected chi connectivity index (χ1v) is 7.45. The van der Waals surface area contributed by atoms with Crippen LogP contribution in [0, 0.1) is 11.3 Å². The molecule has 0 aromatic heterocycles. The van der Waals surface area contributed by atoms with Gasteiger partial charge in [0.05, 0.1) is 22.8 Å². The van der Waals surface area contributed by atoms with Crippen molar-refractivity contribution >= 4 is 11.0 Å². The van der Waals surface area contributed by atoms with E-state index in [0.29, 0.717) is 5.75 Å². The molecule has 0 saturated carbocycles. The summed E-state index contributed by atoms with van der Waals surface area (Å²) in [6, 6.07) is 6.13. The smallest absolute Gasteiger partial charge is 0.425 e. The summed E-state index contributed by atoms with van der Waals surface area (Å²) in [6.45, 7) is 4.55. The summed E-state index contributed by atoms with van der Waals surface area (Å²) in [5, 5.41) is 9.21. The topological polar surface area (TPSA) is 62.1 Å². The fourth-order valence-corrected chi connectivity index (χ4v) is 2.43. The van der Waals surface area contributed by atoms with Crippen LogP contribution in [0.15, 0.2) is 24.3 Å². The molecule has 0 aliphatic carbocycles. The highest BCUT2D eigenvalue weighted by Gasteiger charge is 2.58. The van der Waals surface area contributed by atoms with Gasteiger partial charge in [-0.3, -0.25) is 0 Å². The summed E-state index contributed by atoms with van der Waals surface area (Å²) in [5.41, 5.74) is -3.40. The molecule has 1 aromatic rings. The second kappa shape index (κ2) is 6.26. The summed E-state index contributed by atoms with van der Waals surface area (Å²) in [4.78, 5) is 0. The zero-order valence-corrected chi connectivity index (χ0v) is 13.4. The van der Waals surface area contributed by atoms with Gasteiger partial charge in [-0.25, -0.2) is 8.93 Å². The molecule has 0 radical (unpaired) electrons. The van der Waals surface area contributed by atoms with E-state index in [-0.39, 0.29) is 5.56 Å². The van der Waals surface area contributed by atoms with Crippen molar-refractivity contribution in [1.29, 1.82) is 5.26 Å². The highest BCUT2D eigenvalue weighted by molar-refractivity contribution is 7.84. The van der Waals surface area contributed by atoms with Gasteiger partial charge in [0.25, 0.3) is 0 Å². The molecule has 0 heterocycles. The average Bonchev–Trinajstić information content (AvgIpc) is 2.42. The lowest BCUT2D eigenvalue weighted by atomic mass is 9.92. The van der Waals surface area contributed by atoms with E-state index in [1.165, 1.54) is 46.1 Å². The summed E-state index contributed by atoms with van der Waals surface area (Å²) in [7, 11) is -0.706. The third-order valence-electron chi connectivity index (χ3n) is 2.92. The average molecular weight is 334 g/mol. The maximum absolute atomic E-state index is 13.5. The van der Waals surface area contributed by atoms with Gasteiger partial charge < -0.3 is 4.74 Å². The highest BCUT2D eigenvalue weighted by Crippen LogP contribution is 2.40. The minimum absolute atomic E-state index is 0.346. The van der Waals surface area contributed by atoms with Gasteiger partial charge >= 0.3 is 6.18 Å². The Labute approximate surface area is 129 Å². The van der Waals surface area contributed by atoms with Crippen LogP contribution in [0.5, 0.6) is 5.75 Å². The SMILES string of the molecule is COc1ccc([C@](C#N)(N[S@](=O)C(C)(C)C)C(F)(F)F)cc1. The molecule has 122 valence electrons. The molecule has 0 spiro atoms. The lowest BCUT2D eigenvalue weighted by Gasteiger charge is -2.32. The van der Waals surface area contributed by atoms with Crippen molar-refractivity contribution in [2.75, 3.05) is 7.11 Å². The first-order chi connectivity index (χ1) is 9.98. The monoisotopic (exact) mass is 334 g/mol. The van der Waals surface area contributed by atoms with E-state index in [1.54, 1.807) is 0 Å². The zero-order valence-electron chi connectivity index (χ0n) is 12.6. The van der Waals surface area contributed by atoms with E-state index in [9.17, 15) is 22.6 Å². The first-order valence-electron chi connectivity index (χ1n) is 6.30. The van der Waals surface area contributed by atoms with Gasteiger partial charge in [-0.2, -0.15) is 18.4 Å². The van der Waals surface area contributed by atoms with E-state index >= 15 is 0 Å². The molecule has 0 fully saturated rings. The third-order valence-corrected chi connectivity index (χ3v) is 4.52. The van der Waals surface area contributed by atoms with Crippen LogP contribution in [-0.4, -0.2) is 22.2 Å². The second-order valence-electron chi connectivity index (χ2n) is 5.57. The highest BCUT2D eigenvalue weighted by atomic mass is 32.2. The minimum atomic E-state index is -4.95. The molecule has 0 amide bonds. The Bertz CT molecular complexity index is 588. The number of methoxy groups -OCH3 is 1. The largest absolute Gasteiger partial charge is 0.497 e. The fourth-order valence-electron chi connectivity index (χ4n) is 1.56. The number of hydrogen-bond acceptors (Lipinski definition) is 3. The molecule has 8 heteroatoms. The van der Waals surface area contributed by atoms with Crippen molar-refractivity contribution in [3.63, 3.8) is 0 Å². The Kier molecular flexibility index (Phi) is 5.25. The van der Waals surface area contributed by atoms with Crippen LogP contribution in [0.25, 0.3) is 0 Å². The molecule has 0 unspecified atom stereocenters. The molecule has 0 saturated heterocycles. The van der Waals surface area contributed by atoms with Crippen molar-refractivity contribution in [3.8, 4) is 11.8 Å². The van der Waals surface area contributed by atoms with Crippen LogP contribution in [0.3, 0.4) is 0 Å². The molecule has 1 aromatic carbocycles. The van der Waals surface area contributed by atoms with E-state index < -0.39 is 27.4 Å². The minimum Gasteiger partial charge on any atom is -0.497 e. The fraction of sp³-hybridized carbons (Fsp3) is 0.500. The number of hydrogen-bond donors (Lipinski definition) is 1. The van der Waals surface area contributed by atoms with Crippen molar-refractivity contribution in [1.82, 2.24) is 4.72 Å². The molecule has 4 nitrogen and oxygen atoms in total. The zero-order chi connectivity index (χ0) is 17.2. The quantitative estimate of drug-likeness (QED) is 0.921. The Hall–Kier alpha value is -1.59. The van der Waals surface area contributed by atoms with Crippen LogP contribution < -0.4 is 9.46 Å². The predicted molar refractivity (Wildman–Crippen MR) is 77.4 cm³/mol. The summed E-state index contributed by atoms with van der Waals surface area (Å²) < 4.78 is 58.6. The predicted octanol–water partition coefficient (Wildman–Crippen LogP) is 3.03. The first kappa shape index (κ1) is 18.5. The van der Waals surface area contributed by atoms with Crippen LogP contribution in [-0.2, 0) is 16.5 Å². The number of rotatable bonds is 4. The molecule has 0 bridgehead atoms. The molecule has 1 rings (SSSR count). The number of nitriles is 1. The van der Waals surface area contributed by atoms with Gasteiger partial charge in [-0.1, -0.05) is 12.1 Å². The van der Waals surface area contributed by atoms with Gasteiger partial charge in [0.15, 0.2) is 0 Å². The molecule has 0 aliphatic heterocycles. The molecule has 2 atom stereocenters. The number of alkyl halides is 3. The summed E-state index contributed by atoms with van der Waals surface area (Å²) in [6.07, 6.45) is -4.95. The lowest BCUT2D eigenvalue weighted by Crippen LogP contribution is -2.56. The number of nitrogens with zero attached hydrogens (tertiary/aromatic N) is 1. The Morgan fingerprint density at radius 2 is 1.68 bits per heavy atom. The molecular formula is C14H17F3N2O2S. The van der Waals surface area contributed by atoms with E-state index in [0.717, 1.165) is 12.1 Å². The van der Waals surface area contributed by atoms with Gasteiger partial charge in [-0.05, 0) is 38.5 Å². The van der Waals surface area contributed by atoms with Crippen LogP contribution in [0.4, 0.5) is 13.2 Å². The number of nitrogens with one attached hydrogen (secondary N) is 1. The molecule has 22 heavy (non-hydrogen) atoms. The second-order valence-corrected chi connectivity index (χ2v) is 7.54. The van der Waals surface area contributed by atoms with Crippen molar-refractivity contribution in [2.45, 2.75) is 37.2 Å². The van der Waals surface area contributed by atoms with Crippen molar-refractivity contribution in [2.24, 2.45) is 0 Å². The maximum atomic E-state index is 13.5.